The van der Waals surface area contributed by atoms with E-state index in [1.165, 1.54) is 35.1 Å². The van der Waals surface area contributed by atoms with Gasteiger partial charge < -0.3 is 9.15 Å². The number of ether oxygens (including phenoxy) is 1. The van der Waals surface area contributed by atoms with Crippen LogP contribution in [0.5, 0.6) is 0 Å². The lowest BCUT2D eigenvalue weighted by atomic mass is 9.96. The van der Waals surface area contributed by atoms with Crippen molar-refractivity contribution in [1.29, 1.82) is 0 Å². The average Bonchev–Trinajstić information content (AvgIpc) is 3.47. The van der Waals surface area contributed by atoms with Gasteiger partial charge in [0.25, 0.3) is 11.2 Å². The number of carbonyl (C=O) groups excluding carboxylic acids is 1. The molecule has 0 fully saturated rings. The van der Waals surface area contributed by atoms with E-state index in [2.05, 4.69) is 20.9 Å². The number of hydrogen-bond donors (Lipinski definition) is 0. The summed E-state index contributed by atoms with van der Waals surface area (Å²) in [5, 5.41) is 11.0. The van der Waals surface area contributed by atoms with E-state index in [4.69, 9.17) is 9.15 Å². The molecule has 2 aromatic heterocycles. The molecular formula is C26H18BrN3O6S. The van der Waals surface area contributed by atoms with Crippen molar-refractivity contribution in [1.82, 2.24) is 4.57 Å². The Bertz CT molecular complexity index is 1770. The summed E-state index contributed by atoms with van der Waals surface area (Å²) >= 11 is 4.55. The zero-order chi connectivity index (χ0) is 26.3. The largest absolute Gasteiger partial charge is 0.466 e. The number of methoxy groups -OCH3 is 1. The van der Waals surface area contributed by atoms with Gasteiger partial charge in [-0.05, 0) is 46.6 Å². The van der Waals surface area contributed by atoms with Crippen LogP contribution in [0.25, 0.3) is 17.4 Å². The van der Waals surface area contributed by atoms with Crippen LogP contribution in [0.2, 0.25) is 0 Å². The number of nitrogens with zero attached hydrogens (tertiary/aromatic N) is 3. The minimum absolute atomic E-state index is 0.0434. The van der Waals surface area contributed by atoms with Crippen LogP contribution in [0, 0.1) is 10.1 Å². The number of hydrogen-bond acceptors (Lipinski definition) is 8. The van der Waals surface area contributed by atoms with Crippen LogP contribution in [0.15, 0.2) is 90.6 Å². The first kappa shape index (κ1) is 24.6. The highest BCUT2D eigenvalue weighted by atomic mass is 79.9. The van der Waals surface area contributed by atoms with Crippen molar-refractivity contribution in [2.24, 2.45) is 4.99 Å². The first-order valence-corrected chi connectivity index (χ1v) is 12.6. The van der Waals surface area contributed by atoms with E-state index < -0.39 is 16.9 Å². The molecule has 0 saturated carbocycles. The van der Waals surface area contributed by atoms with Crippen LogP contribution >= 0.6 is 27.3 Å². The summed E-state index contributed by atoms with van der Waals surface area (Å²) in [6.07, 6.45) is 1.62. The molecule has 1 unspecified atom stereocenters. The molecule has 37 heavy (non-hydrogen) atoms. The maximum Gasteiger partial charge on any atom is 0.338 e. The molecule has 0 radical (unpaired) electrons. The van der Waals surface area contributed by atoms with Crippen LogP contribution < -0.4 is 14.9 Å². The molecule has 9 nitrogen and oxygen atoms in total. The first-order valence-electron chi connectivity index (χ1n) is 11.0. The van der Waals surface area contributed by atoms with E-state index in [9.17, 15) is 19.7 Å². The van der Waals surface area contributed by atoms with Gasteiger partial charge in [-0.25, -0.2) is 9.79 Å². The highest BCUT2D eigenvalue weighted by Crippen LogP contribution is 2.33. The third-order valence-electron chi connectivity index (χ3n) is 5.87. The first-order chi connectivity index (χ1) is 17.8. The van der Waals surface area contributed by atoms with Gasteiger partial charge in [0.2, 0.25) is 0 Å². The molecule has 0 spiro atoms. The van der Waals surface area contributed by atoms with E-state index >= 15 is 0 Å². The molecule has 0 bridgehead atoms. The number of benzene rings is 2. The molecule has 1 aliphatic rings. The van der Waals surface area contributed by atoms with E-state index in [1.807, 2.05) is 30.3 Å². The number of aromatic nitrogens is 1. The Labute approximate surface area is 221 Å². The maximum atomic E-state index is 13.6. The van der Waals surface area contributed by atoms with E-state index in [1.54, 1.807) is 31.2 Å². The number of esters is 1. The lowest BCUT2D eigenvalue weighted by Gasteiger charge is -2.24. The highest BCUT2D eigenvalue weighted by molar-refractivity contribution is 9.10. The van der Waals surface area contributed by atoms with E-state index in [0.29, 0.717) is 42.2 Å². The number of nitro benzene ring substituents is 1. The predicted molar refractivity (Wildman–Crippen MR) is 141 cm³/mol. The van der Waals surface area contributed by atoms with Crippen molar-refractivity contribution < 1.29 is 18.9 Å². The number of thiazole rings is 1. The summed E-state index contributed by atoms with van der Waals surface area (Å²) in [5.74, 6) is 0.353. The monoisotopic (exact) mass is 579 g/mol. The van der Waals surface area contributed by atoms with Gasteiger partial charge in [0.1, 0.15) is 11.5 Å². The van der Waals surface area contributed by atoms with Crippen molar-refractivity contribution in [3.8, 4) is 11.3 Å². The lowest BCUT2D eigenvalue weighted by molar-refractivity contribution is -0.384. The maximum absolute atomic E-state index is 13.6. The summed E-state index contributed by atoms with van der Waals surface area (Å²) < 4.78 is 13.3. The zero-order valence-electron chi connectivity index (χ0n) is 19.5. The normalized spacial score (nSPS) is 15.3. The van der Waals surface area contributed by atoms with E-state index in [-0.39, 0.29) is 11.2 Å². The van der Waals surface area contributed by atoms with Crippen molar-refractivity contribution >= 4 is 45.0 Å². The Balaban J connectivity index is 1.61. The summed E-state index contributed by atoms with van der Waals surface area (Å²) in [6, 6.07) is 16.4. The number of fused-ring (bicyclic) bond motifs is 1. The van der Waals surface area contributed by atoms with Crippen molar-refractivity contribution in [3.63, 3.8) is 0 Å². The number of carbonyl (C=O) groups is 1. The summed E-state index contributed by atoms with van der Waals surface area (Å²) in [5.41, 5.74) is 1.81. The summed E-state index contributed by atoms with van der Waals surface area (Å²) in [4.78, 5) is 41.8. The van der Waals surface area contributed by atoms with Gasteiger partial charge in [0, 0.05) is 28.2 Å². The van der Waals surface area contributed by atoms with Crippen LogP contribution in [0.1, 0.15) is 24.3 Å². The lowest BCUT2D eigenvalue weighted by Crippen LogP contribution is -2.39. The third-order valence-corrected chi connectivity index (χ3v) is 7.51. The van der Waals surface area contributed by atoms with Gasteiger partial charge in [-0.3, -0.25) is 19.5 Å². The van der Waals surface area contributed by atoms with Crippen LogP contribution in [-0.4, -0.2) is 22.6 Å². The zero-order valence-corrected chi connectivity index (χ0v) is 21.9. The Morgan fingerprint density at radius 2 is 1.97 bits per heavy atom. The average molecular weight is 580 g/mol. The fourth-order valence-corrected chi connectivity index (χ4v) is 5.75. The standard InChI is InChI=1S/C26H18BrN3O6S/c1-14-22(25(32)35-2)23(15-6-4-3-5-7-15)29-24(31)21(37-26(29)28-14)13-17-9-11-20(36-17)18-10-8-16(30(33)34)12-19(18)27/h3-13,23H,1-2H3. The second kappa shape index (κ2) is 9.75. The molecule has 4 aromatic rings. The second-order valence-corrected chi connectivity index (χ2v) is 9.97. The minimum Gasteiger partial charge on any atom is -0.466 e. The number of halogens is 1. The van der Waals surface area contributed by atoms with Gasteiger partial charge in [0.05, 0.1) is 33.9 Å². The summed E-state index contributed by atoms with van der Waals surface area (Å²) in [7, 11) is 1.30. The van der Waals surface area contributed by atoms with Crippen molar-refractivity contribution in [2.45, 2.75) is 13.0 Å². The molecule has 5 rings (SSSR count). The third kappa shape index (κ3) is 4.47. The Kier molecular flexibility index (Phi) is 6.48. The molecule has 1 aliphatic heterocycles. The number of non-ortho nitro benzene ring substituents is 1. The smallest absolute Gasteiger partial charge is 0.338 e. The minimum atomic E-state index is -0.685. The SMILES string of the molecule is COC(=O)C1=C(C)N=c2sc(=Cc3ccc(-c4ccc([N+](=O)[O-])cc4Br)o3)c(=O)n2C1c1ccccc1. The van der Waals surface area contributed by atoms with Crippen molar-refractivity contribution in [3.05, 3.63) is 118 Å². The molecule has 186 valence electrons. The Morgan fingerprint density at radius 1 is 1.22 bits per heavy atom. The van der Waals surface area contributed by atoms with Gasteiger partial charge >= 0.3 is 5.97 Å². The molecular weight excluding hydrogens is 562 g/mol. The van der Waals surface area contributed by atoms with Crippen LogP contribution in [0.4, 0.5) is 5.69 Å². The summed E-state index contributed by atoms with van der Waals surface area (Å²) in [6.45, 7) is 1.72. The molecule has 1 atom stereocenters. The fourth-order valence-electron chi connectivity index (χ4n) is 4.17. The number of rotatable bonds is 5. The second-order valence-electron chi connectivity index (χ2n) is 8.11. The molecule has 0 N–H and O–H groups in total. The van der Waals surface area contributed by atoms with Gasteiger partial charge in [-0.15, -0.1) is 0 Å². The predicted octanol–water partition coefficient (Wildman–Crippen LogP) is 4.34. The molecule has 2 aromatic carbocycles. The quantitative estimate of drug-likeness (QED) is 0.197. The molecule has 3 heterocycles. The number of allylic oxidation sites excluding steroid dienone is 1. The number of nitro groups is 1. The molecule has 11 heteroatoms. The van der Waals surface area contributed by atoms with Crippen LogP contribution in [0.3, 0.4) is 0 Å². The van der Waals surface area contributed by atoms with Gasteiger partial charge in [-0.2, -0.15) is 0 Å². The Hall–Kier alpha value is -4.09. The highest BCUT2D eigenvalue weighted by Gasteiger charge is 2.33. The molecule has 0 amide bonds. The van der Waals surface area contributed by atoms with Gasteiger partial charge in [-0.1, -0.05) is 41.7 Å². The van der Waals surface area contributed by atoms with Gasteiger partial charge in [0.15, 0.2) is 4.80 Å². The fraction of sp³-hybridized carbons (Fsp3) is 0.115. The molecule has 0 saturated heterocycles. The molecule has 0 aliphatic carbocycles. The number of furan rings is 1. The van der Waals surface area contributed by atoms with Crippen molar-refractivity contribution in [2.75, 3.05) is 7.11 Å². The van der Waals surface area contributed by atoms with E-state index in [0.717, 1.165) is 5.56 Å². The topological polar surface area (TPSA) is 117 Å². The Morgan fingerprint density at radius 3 is 2.65 bits per heavy atom. The van der Waals surface area contributed by atoms with Crippen LogP contribution in [-0.2, 0) is 9.53 Å².